The first kappa shape index (κ1) is 32.1. The minimum atomic E-state index is -0.967. The molecule has 0 amide bonds. The zero-order chi connectivity index (χ0) is 14.9. The van der Waals surface area contributed by atoms with Gasteiger partial charge in [0.1, 0.15) is 11.6 Å². The molecule has 11 heteroatoms. The van der Waals surface area contributed by atoms with Gasteiger partial charge in [-0.2, -0.15) is 0 Å². The molecular weight excluding hydrogens is 413 g/mol. The normalized spacial score (nSPS) is 7.33. The van der Waals surface area contributed by atoms with E-state index in [4.69, 9.17) is 0 Å². The summed E-state index contributed by atoms with van der Waals surface area (Å²) < 4.78 is 0. The van der Waals surface area contributed by atoms with Gasteiger partial charge >= 0.3 is 19.5 Å². The Hall–Kier alpha value is -0.997. The standard InChI is InChI=1S/2C5H6O3S.2H2O.Ru/c2*1-3(6)2-4(7)5(8)9;;;/h2*2H2,1H3,(H,8,9);2*1H2;/q;;;;+2/p-2. The van der Waals surface area contributed by atoms with E-state index >= 15 is 0 Å². The Bertz CT molecular complexity index is 370. The molecule has 0 spiro atoms. The largest absolute Gasteiger partial charge is 2.00 e. The van der Waals surface area contributed by atoms with Gasteiger partial charge in [-0.05, 0) is 13.8 Å². The zero-order valence-electron chi connectivity index (χ0n) is 11.0. The topological polar surface area (TPSA) is 165 Å². The van der Waals surface area contributed by atoms with Crippen LogP contribution in [0.3, 0.4) is 0 Å². The molecule has 0 saturated heterocycles. The van der Waals surface area contributed by atoms with Gasteiger partial charge in [-0.3, -0.25) is 19.2 Å². The number of ketones is 4. The molecule has 0 aromatic rings. The van der Waals surface area contributed by atoms with Crippen LogP contribution in [0.5, 0.6) is 0 Å². The van der Waals surface area contributed by atoms with Crippen LogP contribution in [0.4, 0.5) is 0 Å². The molecule has 0 bridgehead atoms. The summed E-state index contributed by atoms with van der Waals surface area (Å²) in [6.45, 7) is 2.46. The van der Waals surface area contributed by atoms with Gasteiger partial charge in [0.2, 0.25) is 0 Å². The average molecular weight is 427 g/mol. The molecule has 0 saturated carbocycles. The first-order valence-electron chi connectivity index (χ1n) is 4.55. The van der Waals surface area contributed by atoms with E-state index in [0.29, 0.717) is 0 Å². The van der Waals surface area contributed by atoms with Crippen LogP contribution in [0.2, 0.25) is 0 Å². The average Bonchev–Trinajstić information content (AvgIpc) is 2.16. The van der Waals surface area contributed by atoms with Gasteiger partial charge in [-0.25, -0.2) is 0 Å². The second kappa shape index (κ2) is 17.1. The van der Waals surface area contributed by atoms with Crippen molar-refractivity contribution in [3.8, 4) is 0 Å². The van der Waals surface area contributed by atoms with E-state index in [-0.39, 0.29) is 54.8 Å². The van der Waals surface area contributed by atoms with E-state index in [1.54, 1.807) is 0 Å². The molecule has 0 aliphatic heterocycles. The van der Waals surface area contributed by atoms with Gasteiger partial charge in [0.15, 0.2) is 11.6 Å². The number of hydrogen-bond donors (Lipinski definition) is 0. The molecule has 0 rings (SSSR count). The molecule has 8 nitrogen and oxygen atoms in total. The fraction of sp³-hybridized carbons (Fsp3) is 0.400. The second-order valence-electron chi connectivity index (χ2n) is 3.18. The van der Waals surface area contributed by atoms with Crippen LogP contribution in [-0.4, -0.2) is 44.3 Å². The van der Waals surface area contributed by atoms with Crippen molar-refractivity contribution < 1.29 is 59.2 Å². The number of rotatable bonds is 6. The molecule has 0 aliphatic carbocycles. The molecule has 0 radical (unpaired) electrons. The minimum absolute atomic E-state index is 0. The zero-order valence-corrected chi connectivity index (χ0v) is 14.4. The molecule has 0 aliphatic rings. The van der Waals surface area contributed by atoms with Crippen molar-refractivity contribution in [2.75, 3.05) is 0 Å². The van der Waals surface area contributed by atoms with Crippen molar-refractivity contribution in [2.24, 2.45) is 0 Å². The van der Waals surface area contributed by atoms with E-state index < -0.39 is 21.8 Å². The Balaban J connectivity index is -0.0000000711. The SMILES string of the molecule is CC(=O)CC(=O)C(=O)[S-].CC(=O)CC(=O)C(=O)[S-].O.O.[Ru+2]. The third kappa shape index (κ3) is 24.4. The maximum absolute atomic E-state index is 10.3. The predicted octanol–water partition coefficient (Wildman–Crippen LogP) is -2.44. The smallest absolute Gasteiger partial charge is 0.734 e. The van der Waals surface area contributed by atoms with Crippen LogP contribution >= 0.6 is 0 Å². The molecule has 0 heterocycles. The molecule has 0 atom stereocenters. The third-order valence-corrected chi connectivity index (χ3v) is 1.73. The summed E-state index contributed by atoms with van der Waals surface area (Å²) in [6.07, 6.45) is -0.718. The summed E-state index contributed by atoms with van der Waals surface area (Å²) in [5.41, 5.74) is 0. The van der Waals surface area contributed by atoms with E-state index in [0.717, 1.165) is 0 Å². The third-order valence-electron chi connectivity index (χ3n) is 1.27. The first-order chi connectivity index (χ1) is 8.07. The van der Waals surface area contributed by atoms with Gasteiger partial charge in [0.25, 0.3) is 0 Å². The predicted molar refractivity (Wildman–Crippen MR) is 72.6 cm³/mol. The van der Waals surface area contributed by atoms with Crippen LogP contribution in [0.15, 0.2) is 0 Å². The summed E-state index contributed by atoms with van der Waals surface area (Å²) in [7, 11) is 0. The van der Waals surface area contributed by atoms with Crippen LogP contribution < -0.4 is 0 Å². The van der Waals surface area contributed by atoms with Gasteiger partial charge in [-0.15, -0.1) is 0 Å². The Morgan fingerprint density at radius 2 is 0.857 bits per heavy atom. The van der Waals surface area contributed by atoms with Crippen LogP contribution in [-0.2, 0) is 73.5 Å². The first-order valence-corrected chi connectivity index (χ1v) is 5.36. The van der Waals surface area contributed by atoms with Crippen molar-refractivity contribution in [2.45, 2.75) is 26.7 Å². The van der Waals surface area contributed by atoms with E-state index in [2.05, 4.69) is 25.3 Å². The fourth-order valence-corrected chi connectivity index (χ4v) is 0.741. The Kier molecular flexibility index (Phi) is 26.1. The van der Waals surface area contributed by atoms with Gasteiger partial charge < -0.3 is 45.8 Å². The number of carbonyl (C=O) groups excluding carboxylic acids is 6. The summed E-state index contributed by atoms with van der Waals surface area (Å²) in [6, 6.07) is 0. The quantitative estimate of drug-likeness (QED) is 0.195. The monoisotopic (exact) mass is 428 g/mol. The molecule has 0 aromatic carbocycles. The van der Waals surface area contributed by atoms with E-state index in [1.165, 1.54) is 13.8 Å². The van der Waals surface area contributed by atoms with E-state index in [9.17, 15) is 28.8 Å². The van der Waals surface area contributed by atoms with Crippen molar-refractivity contribution in [3.05, 3.63) is 0 Å². The molecule has 0 aromatic heterocycles. The maximum atomic E-state index is 10.3. The summed E-state index contributed by atoms with van der Waals surface area (Å²) in [5.74, 6) is -2.26. The fourth-order valence-electron chi connectivity index (χ4n) is 0.597. The Morgan fingerprint density at radius 1 is 0.667 bits per heavy atom. The van der Waals surface area contributed by atoms with Crippen molar-refractivity contribution in [1.82, 2.24) is 0 Å². The molecule has 21 heavy (non-hydrogen) atoms. The van der Waals surface area contributed by atoms with Crippen LogP contribution in [0.25, 0.3) is 0 Å². The molecule has 0 unspecified atom stereocenters. The molecule has 0 fully saturated rings. The second-order valence-corrected chi connectivity index (χ2v) is 3.92. The minimum Gasteiger partial charge on any atom is -0.734 e. The maximum Gasteiger partial charge on any atom is 2.00 e. The Morgan fingerprint density at radius 3 is 0.905 bits per heavy atom. The molecular formula is C10H14O8RuS2. The van der Waals surface area contributed by atoms with Crippen molar-refractivity contribution in [1.29, 1.82) is 0 Å². The number of hydrogen-bond acceptors (Lipinski definition) is 8. The van der Waals surface area contributed by atoms with E-state index in [1.807, 2.05) is 0 Å². The van der Waals surface area contributed by atoms with Crippen molar-refractivity contribution >= 4 is 58.6 Å². The van der Waals surface area contributed by atoms with Gasteiger partial charge in [0.05, 0.1) is 23.1 Å². The Labute approximate surface area is 144 Å². The summed E-state index contributed by atoms with van der Waals surface area (Å²) >= 11 is 7.96. The summed E-state index contributed by atoms with van der Waals surface area (Å²) in [5, 5.41) is -1.93. The van der Waals surface area contributed by atoms with Gasteiger partial charge in [-0.1, -0.05) is 0 Å². The van der Waals surface area contributed by atoms with Crippen molar-refractivity contribution in [3.63, 3.8) is 0 Å². The van der Waals surface area contributed by atoms with Crippen LogP contribution in [0, 0.1) is 0 Å². The molecule has 122 valence electrons. The number of carbonyl (C=O) groups is 6. The molecule has 4 N–H and O–H groups in total. The van der Waals surface area contributed by atoms with Crippen LogP contribution in [0.1, 0.15) is 26.7 Å². The summed E-state index contributed by atoms with van der Waals surface area (Å²) in [4.78, 5) is 60.8. The van der Waals surface area contributed by atoms with Gasteiger partial charge in [0, 0.05) is 0 Å². The number of Topliss-reactive ketones (excluding diaryl/α,β-unsaturated/α-hetero) is 4.